The third-order valence-corrected chi connectivity index (χ3v) is 7.50. The molecule has 4 rings (SSSR count). The molecule has 1 fully saturated rings. The number of hydrogen-bond acceptors (Lipinski definition) is 2. The Bertz CT molecular complexity index is 704. The molecule has 3 aliphatic carbocycles. The van der Waals surface area contributed by atoms with Crippen LogP contribution in [0, 0.1) is 16.7 Å². The van der Waals surface area contributed by atoms with E-state index in [1.165, 1.54) is 36.0 Å². The zero-order chi connectivity index (χ0) is 18.2. The van der Waals surface area contributed by atoms with Gasteiger partial charge in [-0.1, -0.05) is 56.2 Å². The largest absolute Gasteiger partial charge is 0.376 e. The monoisotopic (exact) mass is 352 g/mol. The number of fused-ring (bicyclic) bond motifs is 2. The van der Waals surface area contributed by atoms with Crippen molar-refractivity contribution in [2.45, 2.75) is 71.8 Å². The predicted octanol–water partition coefficient (Wildman–Crippen LogP) is 5.86. The van der Waals surface area contributed by atoms with Crippen LogP contribution in [0.4, 0.5) is 0 Å². The molecule has 140 valence electrons. The molecule has 1 saturated carbocycles. The SMILES string of the molecule is C[C@@]1(COCc2ccccc2)CCC[C@]2(C)C3=C(CC[C@@H]12)C(=O)CCC3. The minimum absolute atomic E-state index is 0.215. The van der Waals surface area contributed by atoms with Crippen molar-refractivity contribution < 1.29 is 9.53 Å². The smallest absolute Gasteiger partial charge is 0.158 e. The number of carbonyl (C=O) groups excluding carboxylic acids is 1. The fraction of sp³-hybridized carbons (Fsp3) is 0.625. The molecule has 0 bridgehead atoms. The van der Waals surface area contributed by atoms with Crippen LogP contribution in [-0.2, 0) is 16.1 Å². The summed E-state index contributed by atoms with van der Waals surface area (Å²) in [6.07, 6.45) is 8.89. The normalized spacial score (nSPS) is 34.4. The predicted molar refractivity (Wildman–Crippen MR) is 105 cm³/mol. The Kier molecular flexibility index (Phi) is 4.81. The molecule has 0 heterocycles. The van der Waals surface area contributed by atoms with Gasteiger partial charge in [-0.05, 0) is 66.4 Å². The molecule has 0 saturated heterocycles. The molecule has 26 heavy (non-hydrogen) atoms. The lowest BCUT2D eigenvalue weighted by atomic mass is 9.48. The molecule has 0 spiro atoms. The summed E-state index contributed by atoms with van der Waals surface area (Å²) in [5, 5.41) is 0. The summed E-state index contributed by atoms with van der Waals surface area (Å²) >= 11 is 0. The molecule has 0 radical (unpaired) electrons. The fourth-order valence-electron chi connectivity index (χ4n) is 6.26. The number of rotatable bonds is 4. The summed E-state index contributed by atoms with van der Waals surface area (Å²) in [6, 6.07) is 10.5. The van der Waals surface area contributed by atoms with Crippen molar-refractivity contribution in [1.29, 1.82) is 0 Å². The average molecular weight is 353 g/mol. The van der Waals surface area contributed by atoms with Crippen LogP contribution in [-0.4, -0.2) is 12.4 Å². The summed E-state index contributed by atoms with van der Waals surface area (Å²) in [7, 11) is 0. The summed E-state index contributed by atoms with van der Waals surface area (Å²) in [4.78, 5) is 12.5. The highest BCUT2D eigenvalue weighted by Crippen LogP contribution is 2.61. The molecule has 0 N–H and O–H groups in total. The van der Waals surface area contributed by atoms with Crippen LogP contribution in [0.15, 0.2) is 41.5 Å². The molecule has 2 nitrogen and oxygen atoms in total. The lowest BCUT2D eigenvalue weighted by Gasteiger charge is -2.56. The molecule has 1 aromatic carbocycles. The van der Waals surface area contributed by atoms with Crippen LogP contribution in [0.25, 0.3) is 0 Å². The first-order chi connectivity index (χ1) is 12.5. The molecule has 2 heteroatoms. The van der Waals surface area contributed by atoms with E-state index in [0.717, 1.165) is 38.7 Å². The number of hydrogen-bond donors (Lipinski definition) is 0. The standard InChI is InChI=1S/C24H32O2/c1-23(17-26-16-18-8-4-3-5-9-18)14-7-15-24(2)20-10-6-11-21(25)19(20)12-13-22(23)24/h3-5,8-9,22H,6-7,10-17H2,1-2H3/t22-,23-,24+/m0/s1. The van der Waals surface area contributed by atoms with Crippen molar-refractivity contribution in [2.75, 3.05) is 6.61 Å². The average Bonchev–Trinajstić information content (AvgIpc) is 2.63. The molecule has 0 unspecified atom stereocenters. The van der Waals surface area contributed by atoms with Gasteiger partial charge >= 0.3 is 0 Å². The Balaban J connectivity index is 1.52. The number of benzene rings is 1. The number of Topliss-reactive ketones (excluding diaryl/α,β-unsaturated/α-hetero) is 1. The number of allylic oxidation sites excluding steroid dienone is 2. The van der Waals surface area contributed by atoms with E-state index >= 15 is 0 Å². The van der Waals surface area contributed by atoms with E-state index in [1.807, 2.05) is 0 Å². The first-order valence-corrected chi connectivity index (χ1v) is 10.4. The molecule has 0 aliphatic heterocycles. The second-order valence-electron chi connectivity index (χ2n) is 9.23. The van der Waals surface area contributed by atoms with Gasteiger partial charge in [0.25, 0.3) is 0 Å². The highest BCUT2D eigenvalue weighted by Gasteiger charge is 2.53. The Labute approximate surface area is 158 Å². The molecule has 0 aromatic heterocycles. The Hall–Kier alpha value is -1.41. The summed E-state index contributed by atoms with van der Waals surface area (Å²) in [5.41, 5.74) is 4.43. The van der Waals surface area contributed by atoms with Gasteiger partial charge in [0.1, 0.15) is 0 Å². The topological polar surface area (TPSA) is 26.3 Å². The summed E-state index contributed by atoms with van der Waals surface area (Å²) in [6.45, 7) is 6.43. The van der Waals surface area contributed by atoms with Crippen LogP contribution in [0.2, 0.25) is 0 Å². The van der Waals surface area contributed by atoms with E-state index < -0.39 is 0 Å². The maximum atomic E-state index is 12.5. The van der Waals surface area contributed by atoms with Gasteiger partial charge in [-0.2, -0.15) is 0 Å². The van der Waals surface area contributed by atoms with Crippen LogP contribution < -0.4 is 0 Å². The van der Waals surface area contributed by atoms with E-state index in [4.69, 9.17) is 4.74 Å². The second-order valence-corrected chi connectivity index (χ2v) is 9.23. The van der Waals surface area contributed by atoms with E-state index in [-0.39, 0.29) is 10.8 Å². The summed E-state index contributed by atoms with van der Waals surface area (Å²) < 4.78 is 6.23. The third-order valence-electron chi connectivity index (χ3n) is 7.50. The van der Waals surface area contributed by atoms with Crippen molar-refractivity contribution in [1.82, 2.24) is 0 Å². The Morgan fingerprint density at radius 2 is 1.85 bits per heavy atom. The van der Waals surface area contributed by atoms with Gasteiger partial charge in [0.05, 0.1) is 13.2 Å². The van der Waals surface area contributed by atoms with Gasteiger partial charge in [-0.25, -0.2) is 0 Å². The van der Waals surface area contributed by atoms with E-state index in [2.05, 4.69) is 44.2 Å². The Morgan fingerprint density at radius 3 is 2.65 bits per heavy atom. The van der Waals surface area contributed by atoms with Crippen LogP contribution in [0.1, 0.15) is 70.8 Å². The van der Waals surface area contributed by atoms with Crippen molar-refractivity contribution in [3.8, 4) is 0 Å². The lowest BCUT2D eigenvalue weighted by molar-refractivity contribution is -0.117. The van der Waals surface area contributed by atoms with Gasteiger partial charge in [-0.15, -0.1) is 0 Å². The van der Waals surface area contributed by atoms with Crippen molar-refractivity contribution in [3.05, 3.63) is 47.0 Å². The molecule has 3 aliphatic rings. The lowest BCUT2D eigenvalue weighted by Crippen LogP contribution is -2.49. The van der Waals surface area contributed by atoms with Crippen LogP contribution in [0.3, 0.4) is 0 Å². The third kappa shape index (κ3) is 3.07. The number of ketones is 1. The fourth-order valence-corrected chi connectivity index (χ4v) is 6.26. The second kappa shape index (κ2) is 6.96. The van der Waals surface area contributed by atoms with Crippen LogP contribution in [0.5, 0.6) is 0 Å². The van der Waals surface area contributed by atoms with Gasteiger partial charge < -0.3 is 4.74 Å². The van der Waals surface area contributed by atoms with Gasteiger partial charge in [0.2, 0.25) is 0 Å². The van der Waals surface area contributed by atoms with E-state index in [0.29, 0.717) is 18.3 Å². The van der Waals surface area contributed by atoms with E-state index in [1.54, 1.807) is 0 Å². The van der Waals surface area contributed by atoms with Gasteiger partial charge in [0, 0.05) is 6.42 Å². The van der Waals surface area contributed by atoms with Gasteiger partial charge in [-0.3, -0.25) is 4.79 Å². The van der Waals surface area contributed by atoms with Crippen molar-refractivity contribution in [3.63, 3.8) is 0 Å². The highest BCUT2D eigenvalue weighted by atomic mass is 16.5. The number of ether oxygens (including phenoxy) is 1. The maximum absolute atomic E-state index is 12.5. The first-order valence-electron chi connectivity index (χ1n) is 10.4. The minimum Gasteiger partial charge on any atom is -0.376 e. The highest BCUT2D eigenvalue weighted by molar-refractivity contribution is 5.97. The maximum Gasteiger partial charge on any atom is 0.158 e. The number of carbonyl (C=O) groups is 1. The van der Waals surface area contributed by atoms with Gasteiger partial charge in [0.15, 0.2) is 5.78 Å². The molecular formula is C24H32O2. The molecule has 3 atom stereocenters. The summed E-state index contributed by atoms with van der Waals surface area (Å²) in [5.74, 6) is 1.09. The zero-order valence-corrected chi connectivity index (χ0v) is 16.4. The van der Waals surface area contributed by atoms with Crippen LogP contribution >= 0.6 is 0 Å². The van der Waals surface area contributed by atoms with Crippen molar-refractivity contribution >= 4 is 5.78 Å². The quantitative estimate of drug-likeness (QED) is 0.678. The van der Waals surface area contributed by atoms with E-state index in [9.17, 15) is 4.79 Å². The molecule has 0 amide bonds. The minimum atomic E-state index is 0.215. The molecular weight excluding hydrogens is 320 g/mol. The zero-order valence-electron chi connectivity index (χ0n) is 16.4. The van der Waals surface area contributed by atoms with Crippen molar-refractivity contribution in [2.24, 2.45) is 16.7 Å². The molecule has 1 aromatic rings. The first kappa shape index (κ1) is 18.0. The Morgan fingerprint density at radius 1 is 1.04 bits per heavy atom.